The van der Waals surface area contributed by atoms with Crippen LogP contribution in [0.15, 0.2) is 73.1 Å². The lowest BCUT2D eigenvalue weighted by atomic mass is 9.89. The van der Waals surface area contributed by atoms with Gasteiger partial charge < -0.3 is 10.0 Å². The van der Waals surface area contributed by atoms with E-state index < -0.39 is 23.2 Å². The zero-order valence-electron chi connectivity index (χ0n) is 15.2. The second-order valence-corrected chi connectivity index (χ2v) is 7.00. The minimum Gasteiger partial charge on any atom is -0.375 e. The van der Waals surface area contributed by atoms with Gasteiger partial charge in [-0.05, 0) is 41.5 Å². The standard InChI is InChI=1S/C22H17F3N2O2/c23-22(24,25)17-5-3-4-16(12-17)14-27-19-7-2-1-6-18(19)21(29,20(27)28)13-15-8-10-26-11-9-15/h1-12,29H,13-14H2/t21-/m0/s1. The molecule has 29 heavy (non-hydrogen) atoms. The van der Waals surface area contributed by atoms with Crippen LogP contribution in [0.1, 0.15) is 22.3 Å². The highest BCUT2D eigenvalue weighted by Crippen LogP contribution is 2.43. The van der Waals surface area contributed by atoms with Crippen LogP contribution in [0.4, 0.5) is 18.9 Å². The first-order valence-corrected chi connectivity index (χ1v) is 8.98. The van der Waals surface area contributed by atoms with Crippen LogP contribution in [0.25, 0.3) is 0 Å². The van der Waals surface area contributed by atoms with E-state index in [0.717, 1.165) is 17.7 Å². The molecule has 2 aromatic carbocycles. The summed E-state index contributed by atoms with van der Waals surface area (Å²) < 4.78 is 39.1. The molecule has 0 bridgehead atoms. The van der Waals surface area contributed by atoms with Crippen LogP contribution in [0.5, 0.6) is 0 Å². The largest absolute Gasteiger partial charge is 0.416 e. The number of amides is 1. The first-order chi connectivity index (χ1) is 13.8. The smallest absolute Gasteiger partial charge is 0.375 e. The fourth-order valence-corrected chi connectivity index (χ4v) is 3.66. The lowest BCUT2D eigenvalue weighted by molar-refractivity contribution is -0.137. The highest BCUT2D eigenvalue weighted by Gasteiger charge is 2.49. The van der Waals surface area contributed by atoms with Gasteiger partial charge in [0.05, 0.1) is 17.8 Å². The zero-order chi connectivity index (χ0) is 20.6. The number of pyridine rings is 1. The Bertz CT molecular complexity index is 1050. The molecule has 0 radical (unpaired) electrons. The van der Waals surface area contributed by atoms with Gasteiger partial charge in [-0.15, -0.1) is 0 Å². The van der Waals surface area contributed by atoms with E-state index >= 15 is 0 Å². The third-order valence-corrected chi connectivity index (χ3v) is 5.04. The molecule has 0 saturated heterocycles. The lowest BCUT2D eigenvalue weighted by Crippen LogP contribution is -2.41. The molecule has 1 aliphatic heterocycles. The maximum atomic E-state index is 13.2. The summed E-state index contributed by atoms with van der Waals surface area (Å²) in [4.78, 5) is 18.5. The van der Waals surface area contributed by atoms with Crippen LogP contribution in [0.3, 0.4) is 0 Å². The van der Waals surface area contributed by atoms with Crippen LogP contribution in [0, 0.1) is 0 Å². The van der Waals surface area contributed by atoms with E-state index in [1.165, 1.54) is 17.0 Å². The third-order valence-electron chi connectivity index (χ3n) is 5.04. The minimum atomic E-state index is -4.47. The van der Waals surface area contributed by atoms with Crippen LogP contribution in [-0.2, 0) is 29.5 Å². The maximum absolute atomic E-state index is 13.2. The number of anilines is 1. The number of nitrogens with zero attached hydrogens (tertiary/aromatic N) is 2. The number of benzene rings is 2. The molecule has 1 atom stereocenters. The number of aliphatic hydroxyl groups is 1. The van der Waals surface area contributed by atoms with Crippen LogP contribution >= 0.6 is 0 Å². The van der Waals surface area contributed by atoms with Crippen molar-refractivity contribution in [2.75, 3.05) is 4.90 Å². The molecule has 4 nitrogen and oxygen atoms in total. The Morgan fingerprint density at radius 2 is 1.69 bits per heavy atom. The van der Waals surface area contributed by atoms with E-state index in [9.17, 15) is 23.1 Å². The van der Waals surface area contributed by atoms with Gasteiger partial charge in [-0.3, -0.25) is 9.78 Å². The van der Waals surface area contributed by atoms with E-state index in [2.05, 4.69) is 4.98 Å². The van der Waals surface area contributed by atoms with Crippen molar-refractivity contribution < 1.29 is 23.1 Å². The molecule has 0 saturated carbocycles. The highest BCUT2D eigenvalue weighted by molar-refractivity contribution is 6.06. The van der Waals surface area contributed by atoms with Crippen molar-refractivity contribution in [3.8, 4) is 0 Å². The number of para-hydroxylation sites is 1. The Hall–Kier alpha value is -3.19. The Morgan fingerprint density at radius 1 is 0.966 bits per heavy atom. The maximum Gasteiger partial charge on any atom is 0.416 e. The van der Waals surface area contributed by atoms with Crippen molar-refractivity contribution >= 4 is 11.6 Å². The van der Waals surface area contributed by atoms with Gasteiger partial charge >= 0.3 is 6.18 Å². The number of alkyl halides is 3. The van der Waals surface area contributed by atoms with Gasteiger partial charge in [0.15, 0.2) is 5.60 Å². The average molecular weight is 398 g/mol. The van der Waals surface area contributed by atoms with Gasteiger partial charge in [0, 0.05) is 24.4 Å². The van der Waals surface area contributed by atoms with Gasteiger partial charge in [-0.2, -0.15) is 13.2 Å². The van der Waals surface area contributed by atoms with Gasteiger partial charge in [0.2, 0.25) is 0 Å². The summed E-state index contributed by atoms with van der Waals surface area (Å²) in [5, 5.41) is 11.3. The first-order valence-electron chi connectivity index (χ1n) is 8.98. The van der Waals surface area contributed by atoms with E-state index in [-0.39, 0.29) is 13.0 Å². The molecule has 0 spiro atoms. The van der Waals surface area contributed by atoms with E-state index in [1.54, 1.807) is 48.8 Å². The topological polar surface area (TPSA) is 53.4 Å². The molecule has 1 amide bonds. The molecule has 2 heterocycles. The van der Waals surface area contributed by atoms with Gasteiger partial charge in [-0.25, -0.2) is 0 Å². The Balaban J connectivity index is 1.70. The predicted molar refractivity (Wildman–Crippen MR) is 101 cm³/mol. The summed E-state index contributed by atoms with van der Waals surface area (Å²) in [6, 6.07) is 15.1. The van der Waals surface area contributed by atoms with Gasteiger partial charge in [-0.1, -0.05) is 30.3 Å². The van der Waals surface area contributed by atoms with Crippen molar-refractivity contribution in [3.63, 3.8) is 0 Å². The quantitative estimate of drug-likeness (QED) is 0.721. The molecule has 0 fully saturated rings. The van der Waals surface area contributed by atoms with Gasteiger partial charge in [0.25, 0.3) is 5.91 Å². The number of carbonyl (C=O) groups is 1. The van der Waals surface area contributed by atoms with Crippen LogP contribution < -0.4 is 4.90 Å². The van der Waals surface area contributed by atoms with Crippen molar-refractivity contribution in [1.29, 1.82) is 0 Å². The number of aromatic nitrogens is 1. The summed E-state index contributed by atoms with van der Waals surface area (Å²) in [5.41, 5.74) is -0.579. The van der Waals surface area contributed by atoms with E-state index in [4.69, 9.17) is 0 Å². The van der Waals surface area contributed by atoms with Crippen LogP contribution in [-0.4, -0.2) is 16.0 Å². The Labute approximate surface area is 165 Å². The SMILES string of the molecule is O=C1N(Cc2cccc(C(F)(F)F)c2)c2ccccc2[C@@]1(O)Cc1ccncc1. The van der Waals surface area contributed by atoms with E-state index in [1.807, 2.05) is 0 Å². The molecule has 3 aromatic rings. The molecular weight excluding hydrogens is 381 g/mol. The zero-order valence-corrected chi connectivity index (χ0v) is 15.2. The Kier molecular flexibility index (Phi) is 4.62. The summed E-state index contributed by atoms with van der Waals surface area (Å²) in [7, 11) is 0. The summed E-state index contributed by atoms with van der Waals surface area (Å²) >= 11 is 0. The number of rotatable bonds is 4. The van der Waals surface area contributed by atoms with E-state index in [0.29, 0.717) is 16.8 Å². The molecule has 1 aliphatic rings. The highest BCUT2D eigenvalue weighted by atomic mass is 19.4. The number of carbonyl (C=O) groups excluding carboxylic acids is 1. The second kappa shape index (κ2) is 7.00. The number of fused-ring (bicyclic) bond motifs is 1. The third kappa shape index (κ3) is 3.49. The number of hydrogen-bond donors (Lipinski definition) is 1. The minimum absolute atomic E-state index is 0.0461. The van der Waals surface area contributed by atoms with Crippen molar-refractivity contribution in [3.05, 3.63) is 95.3 Å². The number of halogens is 3. The van der Waals surface area contributed by atoms with Crippen LogP contribution in [0.2, 0.25) is 0 Å². The Morgan fingerprint density at radius 3 is 2.41 bits per heavy atom. The molecule has 148 valence electrons. The molecule has 7 heteroatoms. The van der Waals surface area contributed by atoms with Crippen molar-refractivity contribution in [2.24, 2.45) is 0 Å². The van der Waals surface area contributed by atoms with Gasteiger partial charge in [0.1, 0.15) is 0 Å². The fourth-order valence-electron chi connectivity index (χ4n) is 3.66. The molecule has 4 rings (SSSR count). The summed E-state index contributed by atoms with van der Waals surface area (Å²) in [6.07, 6.45) is -1.27. The fraction of sp³-hybridized carbons (Fsp3) is 0.182. The molecule has 1 N–H and O–H groups in total. The normalized spacial score (nSPS) is 18.8. The molecule has 0 unspecified atom stereocenters. The summed E-state index contributed by atoms with van der Waals surface area (Å²) in [5.74, 6) is -0.562. The summed E-state index contributed by atoms with van der Waals surface area (Å²) in [6.45, 7) is -0.0710. The number of hydrogen-bond acceptors (Lipinski definition) is 3. The molecule has 0 aliphatic carbocycles. The van der Waals surface area contributed by atoms with Crippen molar-refractivity contribution in [2.45, 2.75) is 24.7 Å². The first kappa shape index (κ1) is 19.1. The molecule has 1 aromatic heterocycles. The average Bonchev–Trinajstić information content (AvgIpc) is 2.91. The molecular formula is C22H17F3N2O2. The van der Waals surface area contributed by atoms with Crippen molar-refractivity contribution in [1.82, 2.24) is 4.98 Å². The lowest BCUT2D eigenvalue weighted by Gasteiger charge is -2.23. The predicted octanol–water partition coefficient (Wildman–Crippen LogP) is 4.08. The second-order valence-electron chi connectivity index (χ2n) is 7.00. The monoisotopic (exact) mass is 398 g/mol.